The van der Waals surface area contributed by atoms with E-state index >= 15 is 0 Å². The summed E-state index contributed by atoms with van der Waals surface area (Å²) < 4.78 is 0. The SMILES string of the molecule is CC(C)N1CCC(N(C=O)c2sc(-c3ccccc3)cc2C(=O)O)CC1. The Bertz CT molecular complexity index is 765. The molecule has 138 valence electrons. The van der Waals surface area contributed by atoms with Gasteiger partial charge in [-0.1, -0.05) is 30.3 Å². The van der Waals surface area contributed by atoms with Crippen LogP contribution in [-0.4, -0.2) is 47.6 Å². The molecule has 1 amide bonds. The lowest BCUT2D eigenvalue weighted by Crippen LogP contribution is -2.46. The largest absolute Gasteiger partial charge is 0.478 e. The van der Waals surface area contributed by atoms with Crippen molar-refractivity contribution >= 4 is 28.7 Å². The fraction of sp³-hybridized carbons (Fsp3) is 0.400. The van der Waals surface area contributed by atoms with Crippen molar-refractivity contribution < 1.29 is 14.7 Å². The van der Waals surface area contributed by atoms with Gasteiger partial charge in [0.25, 0.3) is 0 Å². The van der Waals surface area contributed by atoms with Crippen molar-refractivity contribution in [3.8, 4) is 10.4 Å². The molecule has 3 rings (SSSR count). The summed E-state index contributed by atoms with van der Waals surface area (Å²) in [6, 6.07) is 11.9. The van der Waals surface area contributed by atoms with Crippen molar-refractivity contribution in [2.45, 2.75) is 38.8 Å². The summed E-state index contributed by atoms with van der Waals surface area (Å²) in [5.74, 6) is -0.995. The first-order valence-electron chi connectivity index (χ1n) is 8.91. The van der Waals surface area contributed by atoms with Gasteiger partial charge in [0.1, 0.15) is 5.00 Å². The number of thiophene rings is 1. The van der Waals surface area contributed by atoms with Crippen LogP contribution in [-0.2, 0) is 4.79 Å². The zero-order valence-electron chi connectivity index (χ0n) is 15.1. The molecular formula is C20H24N2O3S. The van der Waals surface area contributed by atoms with Gasteiger partial charge in [-0.2, -0.15) is 0 Å². The molecule has 1 fully saturated rings. The molecule has 1 aliphatic rings. The third kappa shape index (κ3) is 3.81. The van der Waals surface area contributed by atoms with Gasteiger partial charge in [0, 0.05) is 30.1 Å². The highest BCUT2D eigenvalue weighted by atomic mass is 32.1. The molecule has 2 heterocycles. The molecule has 1 aromatic heterocycles. The van der Waals surface area contributed by atoms with Gasteiger partial charge in [0.2, 0.25) is 6.41 Å². The molecule has 0 atom stereocenters. The molecular weight excluding hydrogens is 348 g/mol. The van der Waals surface area contributed by atoms with E-state index in [9.17, 15) is 14.7 Å². The van der Waals surface area contributed by atoms with Gasteiger partial charge in [-0.05, 0) is 38.3 Å². The fourth-order valence-corrected chi connectivity index (χ4v) is 4.64. The average Bonchev–Trinajstić information content (AvgIpc) is 3.09. The Balaban J connectivity index is 1.89. The van der Waals surface area contributed by atoms with Crippen LogP contribution in [0, 0.1) is 0 Å². The zero-order valence-corrected chi connectivity index (χ0v) is 15.9. The van der Waals surface area contributed by atoms with Gasteiger partial charge < -0.3 is 14.9 Å². The van der Waals surface area contributed by atoms with Gasteiger partial charge in [0.05, 0.1) is 5.56 Å². The number of anilines is 1. The number of carboxylic acids is 1. The Hall–Kier alpha value is -2.18. The molecule has 0 radical (unpaired) electrons. The van der Waals surface area contributed by atoms with E-state index in [1.165, 1.54) is 11.3 Å². The first-order chi connectivity index (χ1) is 12.5. The van der Waals surface area contributed by atoms with E-state index in [4.69, 9.17) is 0 Å². The van der Waals surface area contributed by atoms with E-state index in [0.29, 0.717) is 11.0 Å². The normalized spacial score (nSPS) is 16.0. The molecule has 1 aliphatic heterocycles. The predicted molar refractivity (Wildman–Crippen MR) is 105 cm³/mol. The van der Waals surface area contributed by atoms with Crippen LogP contribution in [0.3, 0.4) is 0 Å². The molecule has 0 spiro atoms. The Kier molecular flexibility index (Phi) is 5.74. The van der Waals surface area contributed by atoms with E-state index in [1.54, 1.807) is 11.0 Å². The van der Waals surface area contributed by atoms with Crippen LogP contribution in [0.5, 0.6) is 0 Å². The number of piperidine rings is 1. The third-order valence-electron chi connectivity index (χ3n) is 4.97. The zero-order chi connectivity index (χ0) is 18.7. The Labute approximate surface area is 157 Å². The van der Waals surface area contributed by atoms with Crippen molar-refractivity contribution in [3.63, 3.8) is 0 Å². The second-order valence-electron chi connectivity index (χ2n) is 6.87. The summed E-state index contributed by atoms with van der Waals surface area (Å²) in [5.41, 5.74) is 1.17. The first kappa shape index (κ1) is 18.6. The van der Waals surface area contributed by atoms with E-state index in [0.717, 1.165) is 42.8 Å². The number of hydrogen-bond acceptors (Lipinski definition) is 4. The van der Waals surface area contributed by atoms with Crippen molar-refractivity contribution in [1.82, 2.24) is 4.90 Å². The highest BCUT2D eigenvalue weighted by molar-refractivity contribution is 7.20. The van der Waals surface area contributed by atoms with Crippen LogP contribution < -0.4 is 4.90 Å². The number of aromatic carboxylic acids is 1. The van der Waals surface area contributed by atoms with Crippen LogP contribution in [0.4, 0.5) is 5.00 Å². The fourth-order valence-electron chi connectivity index (χ4n) is 3.45. The second kappa shape index (κ2) is 8.01. The summed E-state index contributed by atoms with van der Waals surface area (Å²) >= 11 is 1.37. The maximum absolute atomic E-state index is 11.9. The average molecular weight is 372 g/mol. The Morgan fingerprint density at radius 2 is 1.92 bits per heavy atom. The highest BCUT2D eigenvalue weighted by Gasteiger charge is 2.29. The van der Waals surface area contributed by atoms with Crippen LogP contribution >= 0.6 is 11.3 Å². The van der Waals surface area contributed by atoms with Crippen LogP contribution in [0.15, 0.2) is 36.4 Å². The predicted octanol–water partition coefficient (Wildman–Crippen LogP) is 3.95. The van der Waals surface area contributed by atoms with Gasteiger partial charge in [-0.25, -0.2) is 4.79 Å². The Morgan fingerprint density at radius 1 is 1.27 bits per heavy atom. The number of carbonyl (C=O) groups is 2. The van der Waals surface area contributed by atoms with Gasteiger partial charge >= 0.3 is 5.97 Å². The molecule has 0 saturated carbocycles. The summed E-state index contributed by atoms with van der Waals surface area (Å²) in [7, 11) is 0. The van der Waals surface area contributed by atoms with Crippen molar-refractivity contribution in [2.75, 3.05) is 18.0 Å². The topological polar surface area (TPSA) is 60.9 Å². The van der Waals surface area contributed by atoms with Gasteiger partial charge in [-0.3, -0.25) is 4.79 Å². The molecule has 0 aliphatic carbocycles. The molecule has 0 bridgehead atoms. The number of rotatable bonds is 6. The van der Waals surface area contributed by atoms with Crippen LogP contribution in [0.2, 0.25) is 0 Å². The van der Waals surface area contributed by atoms with Crippen molar-refractivity contribution in [2.24, 2.45) is 0 Å². The standard InChI is InChI=1S/C20H24N2O3S/c1-14(2)21-10-8-16(9-11-21)22(13-23)19-17(20(24)25)12-18(26-19)15-6-4-3-5-7-15/h3-7,12-14,16H,8-11H2,1-2H3,(H,24,25). The summed E-state index contributed by atoms with van der Waals surface area (Å²) in [5, 5.41) is 10.2. The van der Waals surface area contributed by atoms with Gasteiger partial charge in [0.15, 0.2) is 0 Å². The molecule has 5 nitrogen and oxygen atoms in total. The van der Waals surface area contributed by atoms with Gasteiger partial charge in [-0.15, -0.1) is 11.3 Å². The van der Waals surface area contributed by atoms with Crippen molar-refractivity contribution in [1.29, 1.82) is 0 Å². The minimum Gasteiger partial charge on any atom is -0.478 e. The van der Waals surface area contributed by atoms with Crippen molar-refractivity contribution in [3.05, 3.63) is 42.0 Å². The lowest BCUT2D eigenvalue weighted by Gasteiger charge is -2.38. The third-order valence-corrected chi connectivity index (χ3v) is 6.17. The molecule has 2 aromatic rings. The number of carboxylic acid groups (broad SMARTS) is 1. The van der Waals surface area contributed by atoms with E-state index in [1.807, 2.05) is 30.3 Å². The number of carbonyl (C=O) groups excluding carboxylic acids is 1. The first-order valence-corrected chi connectivity index (χ1v) is 9.73. The molecule has 6 heteroatoms. The molecule has 1 N–H and O–H groups in total. The maximum atomic E-state index is 11.9. The maximum Gasteiger partial charge on any atom is 0.338 e. The Morgan fingerprint density at radius 3 is 2.46 bits per heavy atom. The molecule has 1 aromatic carbocycles. The highest BCUT2D eigenvalue weighted by Crippen LogP contribution is 2.39. The summed E-state index contributed by atoms with van der Waals surface area (Å²) in [6.45, 7) is 6.19. The monoisotopic (exact) mass is 372 g/mol. The smallest absolute Gasteiger partial charge is 0.338 e. The summed E-state index contributed by atoms with van der Waals surface area (Å²) in [6.07, 6.45) is 2.51. The molecule has 1 saturated heterocycles. The number of amides is 1. The number of likely N-dealkylation sites (tertiary alicyclic amines) is 1. The lowest BCUT2D eigenvalue weighted by atomic mass is 10.0. The van der Waals surface area contributed by atoms with E-state index in [2.05, 4.69) is 18.7 Å². The summed E-state index contributed by atoms with van der Waals surface area (Å²) in [4.78, 5) is 28.5. The number of nitrogens with zero attached hydrogens (tertiary/aromatic N) is 2. The van der Waals surface area contributed by atoms with Crippen LogP contribution in [0.1, 0.15) is 37.0 Å². The van der Waals surface area contributed by atoms with E-state index in [-0.39, 0.29) is 11.6 Å². The number of hydrogen-bond donors (Lipinski definition) is 1. The molecule has 0 unspecified atom stereocenters. The lowest BCUT2D eigenvalue weighted by molar-refractivity contribution is -0.108. The van der Waals surface area contributed by atoms with E-state index < -0.39 is 5.97 Å². The number of benzene rings is 1. The minimum absolute atomic E-state index is 0.0443. The van der Waals surface area contributed by atoms with Crippen LogP contribution in [0.25, 0.3) is 10.4 Å². The quantitative estimate of drug-likeness (QED) is 0.780. The minimum atomic E-state index is -0.995. The molecule has 26 heavy (non-hydrogen) atoms. The second-order valence-corrected chi connectivity index (χ2v) is 7.90.